The number of ketones is 1. The lowest BCUT2D eigenvalue weighted by Crippen LogP contribution is -2.30. The van der Waals surface area contributed by atoms with Gasteiger partial charge in [-0.15, -0.1) is 0 Å². The summed E-state index contributed by atoms with van der Waals surface area (Å²) in [5.74, 6) is -0.432. The van der Waals surface area contributed by atoms with E-state index in [0.717, 1.165) is 5.56 Å². The van der Waals surface area contributed by atoms with Gasteiger partial charge in [-0.2, -0.15) is 0 Å². The molecule has 7 nitrogen and oxygen atoms in total. The number of hydrogen-bond donors (Lipinski definition) is 2. The topological polar surface area (TPSA) is 96.3 Å². The van der Waals surface area contributed by atoms with E-state index in [1.165, 1.54) is 4.90 Å². The van der Waals surface area contributed by atoms with E-state index in [2.05, 4.69) is 0 Å². The maximum atomic E-state index is 13.0. The van der Waals surface area contributed by atoms with Gasteiger partial charge in [-0.05, 0) is 54.8 Å². The predicted octanol–water partition coefficient (Wildman–Crippen LogP) is 3.21. The van der Waals surface area contributed by atoms with E-state index in [1.54, 1.807) is 56.5 Å². The fourth-order valence-electron chi connectivity index (χ4n) is 3.81. The Labute approximate surface area is 181 Å². The average molecular weight is 425 g/mol. The molecule has 1 amide bonds. The maximum Gasteiger partial charge on any atom is 0.295 e. The van der Waals surface area contributed by atoms with Gasteiger partial charge in [-0.1, -0.05) is 19.1 Å². The summed E-state index contributed by atoms with van der Waals surface area (Å²) in [6, 6.07) is 11.4. The summed E-state index contributed by atoms with van der Waals surface area (Å²) in [4.78, 5) is 27.3. The van der Waals surface area contributed by atoms with Crippen molar-refractivity contribution in [2.75, 3.05) is 26.9 Å². The smallest absolute Gasteiger partial charge is 0.295 e. The van der Waals surface area contributed by atoms with Crippen LogP contribution in [0, 0.1) is 6.92 Å². The second-order valence-corrected chi connectivity index (χ2v) is 7.32. The van der Waals surface area contributed by atoms with Crippen molar-refractivity contribution in [3.05, 3.63) is 64.7 Å². The fourth-order valence-corrected chi connectivity index (χ4v) is 3.81. The van der Waals surface area contributed by atoms with E-state index in [1.807, 2.05) is 6.92 Å². The van der Waals surface area contributed by atoms with Crippen LogP contribution in [0.3, 0.4) is 0 Å². The van der Waals surface area contributed by atoms with Gasteiger partial charge in [0.05, 0.1) is 25.3 Å². The van der Waals surface area contributed by atoms with Crippen molar-refractivity contribution in [2.45, 2.75) is 26.3 Å². The summed E-state index contributed by atoms with van der Waals surface area (Å²) < 4.78 is 10.7. The van der Waals surface area contributed by atoms with Crippen LogP contribution >= 0.6 is 0 Å². The van der Waals surface area contributed by atoms with Crippen molar-refractivity contribution < 1.29 is 29.3 Å². The SMILES string of the molecule is CCCN1C(=O)C(=O)/C(=C(/O)c2ccc(OC)cc2C)C1c1cccc(OCCO)c1. The largest absolute Gasteiger partial charge is 0.507 e. The molecule has 0 saturated carbocycles. The highest BCUT2D eigenvalue weighted by Gasteiger charge is 2.45. The van der Waals surface area contributed by atoms with Crippen LogP contribution in [0.15, 0.2) is 48.0 Å². The number of methoxy groups -OCH3 is 1. The summed E-state index contributed by atoms with van der Waals surface area (Å²) >= 11 is 0. The first-order valence-electron chi connectivity index (χ1n) is 10.2. The molecular weight excluding hydrogens is 398 g/mol. The van der Waals surface area contributed by atoms with E-state index < -0.39 is 17.7 Å². The summed E-state index contributed by atoms with van der Waals surface area (Å²) in [6.07, 6.45) is 0.659. The minimum atomic E-state index is -0.737. The average Bonchev–Trinajstić information content (AvgIpc) is 3.02. The standard InChI is InChI=1S/C24H27NO6/c1-4-10-25-21(16-6-5-7-18(14-16)31-12-11-26)20(23(28)24(25)29)22(27)19-9-8-17(30-3)13-15(19)2/h5-9,13-14,21,26-27H,4,10-12H2,1-3H3/b22-20+. The van der Waals surface area contributed by atoms with Gasteiger partial charge < -0.3 is 24.6 Å². The van der Waals surface area contributed by atoms with Crippen molar-refractivity contribution in [1.29, 1.82) is 0 Å². The Morgan fingerprint density at radius 2 is 1.90 bits per heavy atom. The van der Waals surface area contributed by atoms with Gasteiger partial charge in [-0.25, -0.2) is 0 Å². The monoisotopic (exact) mass is 425 g/mol. The highest BCUT2D eigenvalue weighted by Crippen LogP contribution is 2.41. The number of ether oxygens (including phenoxy) is 2. The summed E-state index contributed by atoms with van der Waals surface area (Å²) in [5.41, 5.74) is 1.88. The molecule has 1 unspecified atom stereocenters. The molecular formula is C24H27NO6. The number of aryl methyl sites for hydroxylation is 1. The first-order chi connectivity index (χ1) is 14.9. The van der Waals surface area contributed by atoms with Crippen LogP contribution in [0.4, 0.5) is 0 Å². The summed E-state index contributed by atoms with van der Waals surface area (Å²) in [6.45, 7) is 4.09. The zero-order valence-electron chi connectivity index (χ0n) is 17.9. The van der Waals surface area contributed by atoms with Gasteiger partial charge in [-0.3, -0.25) is 9.59 Å². The third-order valence-corrected chi connectivity index (χ3v) is 5.23. The number of amides is 1. The molecule has 2 aromatic carbocycles. The molecule has 164 valence electrons. The van der Waals surface area contributed by atoms with E-state index >= 15 is 0 Å². The van der Waals surface area contributed by atoms with Crippen molar-refractivity contribution in [1.82, 2.24) is 4.90 Å². The molecule has 2 aromatic rings. The Kier molecular flexibility index (Phi) is 6.97. The van der Waals surface area contributed by atoms with Crippen LogP contribution in [-0.4, -0.2) is 53.7 Å². The molecule has 0 spiro atoms. The molecule has 0 aromatic heterocycles. The van der Waals surface area contributed by atoms with E-state index in [0.29, 0.717) is 35.6 Å². The minimum Gasteiger partial charge on any atom is -0.507 e. The molecule has 0 bridgehead atoms. The summed E-state index contributed by atoms with van der Waals surface area (Å²) in [5, 5.41) is 20.2. The van der Waals surface area contributed by atoms with Crippen LogP contribution < -0.4 is 9.47 Å². The lowest BCUT2D eigenvalue weighted by Gasteiger charge is -2.25. The molecule has 1 aliphatic heterocycles. The second kappa shape index (κ2) is 9.66. The number of aliphatic hydroxyl groups is 2. The van der Waals surface area contributed by atoms with Crippen LogP contribution in [-0.2, 0) is 9.59 Å². The number of carbonyl (C=O) groups is 2. The number of hydrogen-bond acceptors (Lipinski definition) is 6. The number of Topliss-reactive ketones (excluding diaryl/α,β-unsaturated/α-hetero) is 1. The van der Waals surface area contributed by atoms with Crippen LogP contribution in [0.25, 0.3) is 5.76 Å². The predicted molar refractivity (Wildman–Crippen MR) is 116 cm³/mol. The first kappa shape index (κ1) is 22.4. The number of aliphatic hydroxyl groups excluding tert-OH is 2. The second-order valence-electron chi connectivity index (χ2n) is 7.32. The van der Waals surface area contributed by atoms with Gasteiger partial charge in [0, 0.05) is 12.1 Å². The number of carbonyl (C=O) groups excluding carboxylic acids is 2. The number of benzene rings is 2. The Balaban J connectivity index is 2.15. The molecule has 1 aliphatic rings. The third-order valence-electron chi connectivity index (χ3n) is 5.23. The van der Waals surface area contributed by atoms with Gasteiger partial charge in [0.1, 0.15) is 23.9 Å². The molecule has 1 fully saturated rings. The van der Waals surface area contributed by atoms with E-state index in [-0.39, 0.29) is 24.5 Å². The van der Waals surface area contributed by atoms with Crippen LogP contribution in [0.2, 0.25) is 0 Å². The number of nitrogens with zero attached hydrogens (tertiary/aromatic N) is 1. The van der Waals surface area contributed by atoms with Gasteiger partial charge in [0.25, 0.3) is 11.7 Å². The van der Waals surface area contributed by atoms with Gasteiger partial charge in [0.2, 0.25) is 0 Å². The molecule has 7 heteroatoms. The highest BCUT2D eigenvalue weighted by atomic mass is 16.5. The number of rotatable bonds is 8. The normalized spacial score (nSPS) is 17.8. The van der Waals surface area contributed by atoms with Gasteiger partial charge in [0.15, 0.2) is 0 Å². The molecule has 3 rings (SSSR count). The first-order valence-corrected chi connectivity index (χ1v) is 10.2. The van der Waals surface area contributed by atoms with Crippen molar-refractivity contribution in [3.63, 3.8) is 0 Å². The summed E-state index contributed by atoms with van der Waals surface area (Å²) in [7, 11) is 1.55. The van der Waals surface area contributed by atoms with Crippen molar-refractivity contribution in [3.8, 4) is 11.5 Å². The molecule has 1 saturated heterocycles. The lowest BCUT2D eigenvalue weighted by atomic mass is 9.93. The lowest BCUT2D eigenvalue weighted by molar-refractivity contribution is -0.139. The Bertz CT molecular complexity index is 1010. The van der Waals surface area contributed by atoms with Crippen LogP contribution in [0.5, 0.6) is 11.5 Å². The highest BCUT2D eigenvalue weighted by molar-refractivity contribution is 6.46. The number of likely N-dealkylation sites (tertiary alicyclic amines) is 1. The van der Waals surface area contributed by atoms with Crippen LogP contribution in [0.1, 0.15) is 36.1 Å². The molecule has 1 atom stereocenters. The third kappa shape index (κ3) is 4.41. The quantitative estimate of drug-likeness (QED) is 0.383. The molecule has 31 heavy (non-hydrogen) atoms. The minimum absolute atomic E-state index is 0.0472. The Hall–Kier alpha value is -3.32. The van der Waals surface area contributed by atoms with Gasteiger partial charge >= 0.3 is 0 Å². The molecule has 0 aliphatic carbocycles. The van der Waals surface area contributed by atoms with Crippen molar-refractivity contribution in [2.24, 2.45) is 0 Å². The molecule has 0 radical (unpaired) electrons. The maximum absolute atomic E-state index is 13.0. The van der Waals surface area contributed by atoms with Crippen molar-refractivity contribution >= 4 is 17.4 Å². The molecule has 2 N–H and O–H groups in total. The fraction of sp³-hybridized carbons (Fsp3) is 0.333. The molecule has 1 heterocycles. The zero-order chi connectivity index (χ0) is 22.5. The Morgan fingerprint density at radius 1 is 1.13 bits per heavy atom. The van der Waals surface area contributed by atoms with E-state index in [9.17, 15) is 14.7 Å². The Morgan fingerprint density at radius 3 is 2.55 bits per heavy atom. The zero-order valence-corrected chi connectivity index (χ0v) is 17.9. The van der Waals surface area contributed by atoms with E-state index in [4.69, 9.17) is 14.6 Å².